The highest BCUT2D eigenvalue weighted by molar-refractivity contribution is 7.15. The van der Waals surface area contributed by atoms with Gasteiger partial charge in [0.05, 0.1) is 5.71 Å². The molecule has 1 N–H and O–H groups in total. The van der Waals surface area contributed by atoms with Crippen molar-refractivity contribution in [3.8, 4) is 5.75 Å². The molecule has 2 aromatic rings. The zero-order valence-corrected chi connectivity index (χ0v) is 23.2. The molecule has 5 atom stereocenters. The second-order valence-electron chi connectivity index (χ2n) is 10.8. The van der Waals surface area contributed by atoms with Gasteiger partial charge in [-0.05, 0) is 92.4 Å². The predicted octanol–water partition coefficient (Wildman–Crippen LogP) is 6.10. The number of aryl methyl sites for hydroxylation is 2. The number of nitrogens with zero attached hydrogens (tertiary/aromatic N) is 2. The summed E-state index contributed by atoms with van der Waals surface area (Å²) >= 11 is 7.11. The Labute approximate surface area is 227 Å². The number of aromatic nitrogens is 1. The van der Waals surface area contributed by atoms with Crippen molar-refractivity contribution in [1.29, 1.82) is 0 Å². The molecule has 3 unspecified atom stereocenters. The van der Waals surface area contributed by atoms with E-state index in [2.05, 4.69) is 28.4 Å². The molecule has 1 heterocycles. The van der Waals surface area contributed by atoms with Gasteiger partial charge in [0, 0.05) is 22.9 Å². The summed E-state index contributed by atoms with van der Waals surface area (Å²) in [6.07, 6.45) is 8.11. The second-order valence-corrected chi connectivity index (χ2v) is 12.3. The standard InChI is InChI=1S/C28H34ClN3O4S/c1-16-15-30-27(37-16)31-24(33)9-5-18-13-23(32-35-3)28(2)11-10-21-20-8-6-19(36-25(34)14-29)12-17(20)4-7-22(21)26(18)28/h6,8,12,15,18,21-22,26H,4-5,7,9-11,13-14H2,1-3H3,(H,30,31,33)/b32-23+/t18-,21?,22?,26?,28-/m1/s1. The first-order valence-electron chi connectivity index (χ1n) is 13.0. The molecule has 3 aliphatic rings. The van der Waals surface area contributed by atoms with Gasteiger partial charge in [-0.1, -0.05) is 18.1 Å². The lowest BCUT2D eigenvalue weighted by atomic mass is 9.54. The van der Waals surface area contributed by atoms with E-state index in [9.17, 15) is 9.59 Å². The van der Waals surface area contributed by atoms with Crippen LogP contribution in [-0.4, -0.2) is 35.6 Å². The van der Waals surface area contributed by atoms with E-state index in [1.165, 1.54) is 22.5 Å². The minimum Gasteiger partial charge on any atom is -0.426 e. The number of benzene rings is 1. The van der Waals surface area contributed by atoms with E-state index in [4.69, 9.17) is 21.2 Å². The third kappa shape index (κ3) is 5.15. The first-order chi connectivity index (χ1) is 17.8. The van der Waals surface area contributed by atoms with Crippen molar-refractivity contribution in [1.82, 2.24) is 4.98 Å². The lowest BCUT2D eigenvalue weighted by Gasteiger charge is -2.50. The highest BCUT2D eigenvalue weighted by atomic mass is 35.5. The lowest BCUT2D eigenvalue weighted by Crippen LogP contribution is -2.44. The minimum absolute atomic E-state index is 0.0158. The Morgan fingerprint density at radius 1 is 1.32 bits per heavy atom. The van der Waals surface area contributed by atoms with Crippen LogP contribution in [0, 0.1) is 30.1 Å². The Bertz CT molecular complexity index is 1210. The number of thiazole rings is 1. The summed E-state index contributed by atoms with van der Waals surface area (Å²) in [6.45, 7) is 4.34. The lowest BCUT2D eigenvalue weighted by molar-refractivity contribution is -0.131. The molecule has 2 fully saturated rings. The van der Waals surface area contributed by atoms with Gasteiger partial charge in [-0.15, -0.1) is 22.9 Å². The smallest absolute Gasteiger partial charge is 0.326 e. The van der Waals surface area contributed by atoms with E-state index >= 15 is 0 Å². The maximum atomic E-state index is 12.8. The zero-order chi connectivity index (χ0) is 26.2. The Balaban J connectivity index is 1.35. The summed E-state index contributed by atoms with van der Waals surface area (Å²) in [6, 6.07) is 6.05. The number of rotatable bonds is 7. The first kappa shape index (κ1) is 26.2. The van der Waals surface area contributed by atoms with Gasteiger partial charge in [-0.2, -0.15) is 0 Å². The van der Waals surface area contributed by atoms with Crippen LogP contribution in [-0.2, 0) is 20.8 Å². The second kappa shape index (κ2) is 10.7. The Morgan fingerprint density at radius 3 is 2.89 bits per heavy atom. The van der Waals surface area contributed by atoms with Gasteiger partial charge >= 0.3 is 5.97 Å². The largest absolute Gasteiger partial charge is 0.426 e. The first-order valence-corrected chi connectivity index (χ1v) is 14.4. The molecule has 5 rings (SSSR count). The molecule has 9 heteroatoms. The van der Waals surface area contributed by atoms with Gasteiger partial charge in [-0.3, -0.25) is 9.59 Å². The molecule has 0 aliphatic heterocycles. The van der Waals surface area contributed by atoms with E-state index in [0.29, 0.717) is 41.0 Å². The maximum absolute atomic E-state index is 12.8. The van der Waals surface area contributed by atoms with Gasteiger partial charge in [0.2, 0.25) is 5.91 Å². The summed E-state index contributed by atoms with van der Waals surface area (Å²) in [5, 5.41) is 8.14. The van der Waals surface area contributed by atoms with E-state index in [1.807, 2.05) is 19.1 Å². The minimum atomic E-state index is -0.434. The van der Waals surface area contributed by atoms with Gasteiger partial charge in [0.1, 0.15) is 18.7 Å². The van der Waals surface area contributed by atoms with Gasteiger partial charge < -0.3 is 14.9 Å². The molecule has 37 heavy (non-hydrogen) atoms. The molecule has 0 spiro atoms. The Morgan fingerprint density at radius 2 is 2.16 bits per heavy atom. The van der Waals surface area contributed by atoms with Crippen LogP contribution in [0.5, 0.6) is 5.75 Å². The fourth-order valence-corrected chi connectivity index (χ4v) is 8.02. The molecule has 0 saturated heterocycles. The maximum Gasteiger partial charge on any atom is 0.326 e. The van der Waals surface area contributed by atoms with Crippen LogP contribution in [0.15, 0.2) is 29.6 Å². The number of amides is 1. The van der Waals surface area contributed by atoms with Crippen molar-refractivity contribution in [3.63, 3.8) is 0 Å². The molecule has 1 aromatic heterocycles. The van der Waals surface area contributed by atoms with Crippen LogP contribution in [0.4, 0.5) is 5.13 Å². The highest BCUT2D eigenvalue weighted by Gasteiger charge is 2.57. The molecule has 0 radical (unpaired) electrons. The summed E-state index contributed by atoms with van der Waals surface area (Å²) < 4.78 is 5.37. The normalized spacial score (nSPS) is 29.2. The zero-order valence-electron chi connectivity index (χ0n) is 21.6. The van der Waals surface area contributed by atoms with Crippen LogP contribution in [0.2, 0.25) is 0 Å². The summed E-state index contributed by atoms with van der Waals surface area (Å²) in [5.41, 5.74) is 3.77. The number of alkyl halides is 1. The summed E-state index contributed by atoms with van der Waals surface area (Å²) in [4.78, 5) is 35.1. The topological polar surface area (TPSA) is 89.9 Å². The number of anilines is 1. The van der Waals surface area contributed by atoms with Crippen molar-refractivity contribution in [2.45, 2.75) is 64.7 Å². The summed E-state index contributed by atoms with van der Waals surface area (Å²) in [7, 11) is 1.62. The average Bonchev–Trinajstić information content (AvgIpc) is 3.42. The van der Waals surface area contributed by atoms with Crippen LogP contribution in [0.25, 0.3) is 0 Å². The van der Waals surface area contributed by atoms with Gasteiger partial charge in [0.25, 0.3) is 0 Å². The van der Waals surface area contributed by atoms with E-state index in [1.54, 1.807) is 13.3 Å². The molecular weight excluding hydrogens is 510 g/mol. The van der Waals surface area contributed by atoms with Crippen molar-refractivity contribution in [3.05, 3.63) is 40.4 Å². The molecule has 7 nitrogen and oxygen atoms in total. The Kier molecular flexibility index (Phi) is 7.59. The summed E-state index contributed by atoms with van der Waals surface area (Å²) in [5.74, 6) is 1.79. The van der Waals surface area contributed by atoms with Crippen molar-refractivity contribution >= 4 is 45.7 Å². The number of nitrogens with one attached hydrogen (secondary N) is 1. The number of hydrogen-bond acceptors (Lipinski definition) is 7. The number of hydrogen-bond donors (Lipinski definition) is 1. The number of fused-ring (bicyclic) bond motifs is 5. The van der Waals surface area contributed by atoms with Crippen molar-refractivity contribution in [2.75, 3.05) is 18.3 Å². The highest BCUT2D eigenvalue weighted by Crippen LogP contribution is 2.62. The molecule has 198 valence electrons. The molecule has 0 bridgehead atoms. The van der Waals surface area contributed by atoms with E-state index in [-0.39, 0.29) is 17.2 Å². The van der Waals surface area contributed by atoms with Crippen molar-refractivity contribution < 1.29 is 19.2 Å². The number of carbonyl (C=O) groups excluding carboxylic acids is 2. The quantitative estimate of drug-likeness (QED) is 0.197. The Hall–Kier alpha value is -2.45. The van der Waals surface area contributed by atoms with Gasteiger partial charge in [0.15, 0.2) is 5.13 Å². The van der Waals surface area contributed by atoms with Crippen LogP contribution in [0.3, 0.4) is 0 Å². The molecule has 1 amide bonds. The predicted molar refractivity (Wildman–Crippen MR) is 145 cm³/mol. The van der Waals surface area contributed by atoms with Crippen molar-refractivity contribution in [2.24, 2.45) is 28.3 Å². The molecular formula is C28H34ClN3O4S. The third-order valence-corrected chi connectivity index (χ3v) is 9.77. The number of ether oxygens (including phenoxy) is 1. The number of oxime groups is 1. The van der Waals surface area contributed by atoms with Crippen LogP contribution >= 0.6 is 22.9 Å². The fraction of sp³-hybridized carbons (Fsp3) is 0.571. The van der Waals surface area contributed by atoms with E-state index < -0.39 is 5.97 Å². The SMILES string of the molecule is CO/N=C1\C[C@@H](CCC(=O)Nc2ncc(C)s2)C2C3CCc4cc(OC(=O)CCl)ccc4C3CC[C@]12C. The average molecular weight is 544 g/mol. The third-order valence-electron chi connectivity index (χ3n) is 8.72. The monoisotopic (exact) mass is 543 g/mol. The van der Waals surface area contributed by atoms with E-state index in [0.717, 1.165) is 49.1 Å². The van der Waals surface area contributed by atoms with Gasteiger partial charge in [-0.25, -0.2) is 4.98 Å². The molecule has 2 saturated carbocycles. The number of esters is 1. The number of carbonyl (C=O) groups is 2. The fourth-order valence-electron chi connectivity index (χ4n) is 7.29. The number of halogens is 1. The van der Waals surface area contributed by atoms with Crippen LogP contribution < -0.4 is 10.1 Å². The van der Waals surface area contributed by atoms with Crippen LogP contribution in [0.1, 0.15) is 67.4 Å². The molecule has 1 aromatic carbocycles. The molecule has 3 aliphatic carbocycles.